The highest BCUT2D eigenvalue weighted by Crippen LogP contribution is 2.29. The minimum atomic E-state index is -0.127. The Bertz CT molecular complexity index is 1150. The highest BCUT2D eigenvalue weighted by Gasteiger charge is 2.35. The summed E-state index contributed by atoms with van der Waals surface area (Å²) in [6.45, 7) is 3.82. The predicted molar refractivity (Wildman–Crippen MR) is 101 cm³/mol. The molecule has 1 aromatic carbocycles. The molecule has 27 heavy (non-hydrogen) atoms. The van der Waals surface area contributed by atoms with Crippen LogP contribution in [-0.2, 0) is 11.3 Å². The van der Waals surface area contributed by atoms with Crippen LogP contribution in [0.3, 0.4) is 0 Å². The summed E-state index contributed by atoms with van der Waals surface area (Å²) >= 11 is 1.14. The van der Waals surface area contributed by atoms with Crippen LogP contribution in [0.5, 0.6) is 0 Å². The molecule has 1 amide bonds. The normalized spacial score (nSPS) is 14.6. The Kier molecular flexibility index (Phi) is 3.67. The topological polar surface area (TPSA) is 115 Å². The summed E-state index contributed by atoms with van der Waals surface area (Å²) in [7, 11) is 0. The number of benzene rings is 1. The van der Waals surface area contributed by atoms with Crippen molar-refractivity contribution in [2.24, 2.45) is 5.92 Å². The average molecular weight is 381 g/mol. The number of carbonyl (C=O) groups excluding carboxylic acids is 1. The van der Waals surface area contributed by atoms with Crippen molar-refractivity contribution in [3.05, 3.63) is 24.5 Å². The van der Waals surface area contributed by atoms with Gasteiger partial charge in [-0.05, 0) is 19.1 Å². The van der Waals surface area contributed by atoms with Gasteiger partial charge in [-0.3, -0.25) is 4.79 Å². The molecule has 4 heterocycles. The lowest BCUT2D eigenvalue weighted by Gasteiger charge is -2.38. The van der Waals surface area contributed by atoms with E-state index >= 15 is 0 Å². The van der Waals surface area contributed by atoms with Gasteiger partial charge in [0.2, 0.25) is 5.91 Å². The first-order valence-corrected chi connectivity index (χ1v) is 9.29. The second-order valence-corrected chi connectivity index (χ2v) is 6.83. The Hall–Kier alpha value is -3.21. The second kappa shape index (κ2) is 6.20. The maximum absolute atomic E-state index is 12.6. The number of carbonyl (C=O) groups is 1. The molecule has 0 bridgehead atoms. The van der Waals surface area contributed by atoms with Gasteiger partial charge in [-0.25, -0.2) is 14.6 Å². The number of anilines is 2. The van der Waals surface area contributed by atoms with Crippen molar-refractivity contribution in [2.75, 3.05) is 23.3 Å². The number of nitrogens with one attached hydrogen (secondary N) is 1. The zero-order valence-corrected chi connectivity index (χ0v) is 15.2. The number of amides is 1. The molecule has 0 radical (unpaired) electrons. The lowest BCUT2D eigenvalue weighted by atomic mass is 9.99. The van der Waals surface area contributed by atoms with Crippen molar-refractivity contribution in [3.8, 4) is 0 Å². The van der Waals surface area contributed by atoms with Crippen molar-refractivity contribution in [3.63, 3.8) is 0 Å². The van der Waals surface area contributed by atoms with Gasteiger partial charge in [-0.1, -0.05) is 11.3 Å². The highest BCUT2D eigenvalue weighted by molar-refractivity contribution is 7.00. The number of fused-ring (bicyclic) bond motifs is 2. The van der Waals surface area contributed by atoms with Crippen LogP contribution in [0.2, 0.25) is 0 Å². The molecule has 3 aromatic heterocycles. The smallest absolute Gasteiger partial charge is 0.231 e. The third-order valence-electron chi connectivity index (χ3n) is 4.68. The fourth-order valence-corrected chi connectivity index (χ4v) is 3.73. The van der Waals surface area contributed by atoms with E-state index in [0.717, 1.165) is 28.6 Å². The molecule has 4 aromatic rings. The molecule has 1 fully saturated rings. The summed E-state index contributed by atoms with van der Waals surface area (Å²) in [4.78, 5) is 23.2. The molecule has 1 aliphatic rings. The monoisotopic (exact) mass is 381 g/mol. The van der Waals surface area contributed by atoms with E-state index in [9.17, 15) is 4.79 Å². The first-order chi connectivity index (χ1) is 13.2. The fraction of sp³-hybridized carbons (Fsp3) is 0.312. The molecular formula is C16H15N9OS. The minimum absolute atomic E-state index is 0.0331. The number of hydrogen-bond donors (Lipinski definition) is 1. The van der Waals surface area contributed by atoms with Crippen molar-refractivity contribution in [2.45, 2.75) is 13.5 Å². The highest BCUT2D eigenvalue weighted by atomic mass is 32.1. The first kappa shape index (κ1) is 16.0. The third-order valence-corrected chi connectivity index (χ3v) is 5.22. The quantitative estimate of drug-likeness (QED) is 0.563. The third kappa shape index (κ3) is 2.58. The summed E-state index contributed by atoms with van der Waals surface area (Å²) in [5.41, 5.74) is 3.57. The molecule has 0 aliphatic carbocycles. The zero-order chi connectivity index (χ0) is 18.4. The van der Waals surface area contributed by atoms with Crippen molar-refractivity contribution in [1.82, 2.24) is 33.7 Å². The van der Waals surface area contributed by atoms with Gasteiger partial charge in [0.05, 0.1) is 23.3 Å². The van der Waals surface area contributed by atoms with Crippen molar-refractivity contribution in [1.29, 1.82) is 0 Å². The van der Waals surface area contributed by atoms with E-state index in [2.05, 4.69) is 34.3 Å². The summed E-state index contributed by atoms with van der Waals surface area (Å²) in [5, 5.41) is 11.3. The average Bonchev–Trinajstić information content (AvgIpc) is 3.28. The Morgan fingerprint density at radius 3 is 3.00 bits per heavy atom. The van der Waals surface area contributed by atoms with E-state index in [1.807, 2.05) is 30.0 Å². The van der Waals surface area contributed by atoms with Crippen LogP contribution < -0.4 is 10.2 Å². The molecule has 0 unspecified atom stereocenters. The van der Waals surface area contributed by atoms with E-state index in [0.29, 0.717) is 36.5 Å². The summed E-state index contributed by atoms with van der Waals surface area (Å²) in [6.07, 6.45) is 1.51. The van der Waals surface area contributed by atoms with Gasteiger partial charge in [0.15, 0.2) is 17.0 Å². The van der Waals surface area contributed by atoms with E-state index in [4.69, 9.17) is 0 Å². The van der Waals surface area contributed by atoms with Crippen LogP contribution in [0.1, 0.15) is 6.92 Å². The molecule has 5 rings (SSSR count). The molecule has 1 saturated heterocycles. The Labute approximate surface area is 157 Å². The van der Waals surface area contributed by atoms with Gasteiger partial charge in [0.1, 0.15) is 17.4 Å². The number of nitrogens with zero attached hydrogens (tertiary/aromatic N) is 8. The molecule has 0 atom stereocenters. The van der Waals surface area contributed by atoms with Crippen LogP contribution in [0.4, 0.5) is 11.5 Å². The zero-order valence-electron chi connectivity index (χ0n) is 14.4. The molecule has 1 N–H and O–H groups in total. The van der Waals surface area contributed by atoms with E-state index in [-0.39, 0.29) is 11.8 Å². The van der Waals surface area contributed by atoms with Gasteiger partial charge in [-0.15, -0.1) is 5.10 Å². The Balaban J connectivity index is 1.31. The summed E-state index contributed by atoms with van der Waals surface area (Å²) in [5.74, 6) is 0.557. The van der Waals surface area contributed by atoms with Gasteiger partial charge in [0, 0.05) is 19.6 Å². The van der Waals surface area contributed by atoms with Crippen LogP contribution >= 0.6 is 11.7 Å². The summed E-state index contributed by atoms with van der Waals surface area (Å²) in [6, 6.07) is 5.58. The number of aromatic nitrogens is 7. The van der Waals surface area contributed by atoms with E-state index in [1.54, 1.807) is 4.68 Å². The van der Waals surface area contributed by atoms with Crippen LogP contribution in [0.25, 0.3) is 22.2 Å². The number of aryl methyl sites for hydroxylation is 1. The molecule has 11 heteroatoms. The maximum Gasteiger partial charge on any atom is 0.231 e. The molecule has 10 nitrogen and oxygen atoms in total. The summed E-state index contributed by atoms with van der Waals surface area (Å²) < 4.78 is 10.2. The first-order valence-electron chi connectivity index (χ1n) is 8.56. The lowest BCUT2D eigenvalue weighted by molar-refractivity contribution is -0.120. The van der Waals surface area contributed by atoms with Gasteiger partial charge >= 0.3 is 0 Å². The predicted octanol–water partition coefficient (Wildman–Crippen LogP) is 1.32. The molecule has 0 spiro atoms. The molecule has 0 saturated carbocycles. The Morgan fingerprint density at radius 2 is 2.15 bits per heavy atom. The number of hydrogen-bond acceptors (Lipinski definition) is 9. The van der Waals surface area contributed by atoms with Crippen LogP contribution in [0.15, 0.2) is 24.5 Å². The van der Waals surface area contributed by atoms with E-state index < -0.39 is 0 Å². The maximum atomic E-state index is 12.6. The van der Waals surface area contributed by atoms with Gasteiger partial charge < -0.3 is 10.2 Å². The van der Waals surface area contributed by atoms with Gasteiger partial charge in [-0.2, -0.15) is 8.75 Å². The SMILES string of the molecule is CCn1nnc2c(N3CC(C(=O)Nc4cccc5nsnc45)C3)ncnc21. The largest absolute Gasteiger partial charge is 0.353 e. The molecular weight excluding hydrogens is 366 g/mol. The Morgan fingerprint density at radius 1 is 1.26 bits per heavy atom. The van der Waals surface area contributed by atoms with Crippen molar-refractivity contribution >= 4 is 51.3 Å². The van der Waals surface area contributed by atoms with Gasteiger partial charge in [0.25, 0.3) is 0 Å². The number of rotatable bonds is 4. The standard InChI is InChI=1S/C16H15N9OS/c1-2-25-15-13(20-23-25)14(17-8-18-15)24-6-9(7-24)16(26)19-10-4-3-5-11-12(10)22-27-21-11/h3-5,8-9H,2,6-7H2,1H3,(H,19,26). The fourth-order valence-electron chi connectivity index (χ4n) is 3.18. The van der Waals surface area contributed by atoms with E-state index in [1.165, 1.54) is 6.33 Å². The van der Waals surface area contributed by atoms with Crippen molar-refractivity contribution < 1.29 is 4.79 Å². The molecule has 136 valence electrons. The lowest BCUT2D eigenvalue weighted by Crippen LogP contribution is -2.52. The van der Waals surface area contributed by atoms with Crippen LogP contribution in [0, 0.1) is 5.92 Å². The van der Waals surface area contributed by atoms with Crippen LogP contribution in [-0.4, -0.2) is 52.7 Å². The second-order valence-electron chi connectivity index (χ2n) is 6.30. The molecule has 1 aliphatic heterocycles. The minimum Gasteiger partial charge on any atom is -0.353 e.